The smallest absolute Gasteiger partial charge is 0.361 e. The van der Waals surface area contributed by atoms with Crippen LogP contribution < -0.4 is 4.90 Å². The zero-order chi connectivity index (χ0) is 24.0. The first-order valence-electron chi connectivity index (χ1n) is 10.6. The molecule has 1 fully saturated rings. The monoisotopic (exact) mass is 471 g/mol. The van der Waals surface area contributed by atoms with Crippen LogP contribution in [0.2, 0.25) is 0 Å². The fourth-order valence-electron chi connectivity index (χ4n) is 4.05. The molecule has 4 heterocycles. The van der Waals surface area contributed by atoms with Crippen LogP contribution in [0.3, 0.4) is 0 Å². The Kier molecular flexibility index (Phi) is 5.22. The second kappa shape index (κ2) is 8.12. The van der Waals surface area contributed by atoms with Crippen molar-refractivity contribution in [3.05, 3.63) is 59.1 Å². The number of rotatable bonds is 3. The Balaban J connectivity index is 1.38. The summed E-state index contributed by atoms with van der Waals surface area (Å²) in [5, 5.41) is 8.36. The second-order valence-corrected chi connectivity index (χ2v) is 8.01. The van der Waals surface area contributed by atoms with Crippen LogP contribution in [-0.2, 0) is 6.18 Å². The van der Waals surface area contributed by atoms with Gasteiger partial charge in [-0.1, -0.05) is 17.3 Å². The summed E-state index contributed by atoms with van der Waals surface area (Å²) >= 11 is 0. The Hall–Kier alpha value is -3.96. The third kappa shape index (κ3) is 3.84. The van der Waals surface area contributed by atoms with Crippen LogP contribution in [0.25, 0.3) is 17.0 Å². The minimum absolute atomic E-state index is 0.132. The van der Waals surface area contributed by atoms with E-state index in [1.54, 1.807) is 30.9 Å². The topological polar surface area (TPSA) is 92.7 Å². The number of benzene rings is 1. The molecule has 176 valence electrons. The Morgan fingerprint density at radius 2 is 1.85 bits per heavy atom. The number of anilines is 1. The number of aromatic nitrogens is 5. The SMILES string of the molecule is Cc1noc(C)c1C(=O)N1CCN(c2nc3nccc(-c4cccc(C(F)(F)F)c4)n3n2)CC1. The zero-order valence-corrected chi connectivity index (χ0v) is 18.4. The molecule has 4 aromatic rings. The first-order valence-corrected chi connectivity index (χ1v) is 10.6. The van der Waals surface area contributed by atoms with Crippen molar-refractivity contribution in [1.82, 2.24) is 29.6 Å². The molecule has 9 nitrogen and oxygen atoms in total. The maximum atomic E-state index is 13.2. The maximum Gasteiger partial charge on any atom is 0.416 e. The number of nitrogens with zero attached hydrogens (tertiary/aromatic N) is 7. The number of carbonyl (C=O) groups excluding carboxylic acids is 1. The Labute approximate surface area is 191 Å². The lowest BCUT2D eigenvalue weighted by Crippen LogP contribution is -2.49. The van der Waals surface area contributed by atoms with Crippen molar-refractivity contribution in [3.63, 3.8) is 0 Å². The fourth-order valence-corrected chi connectivity index (χ4v) is 4.05. The molecule has 0 N–H and O–H groups in total. The summed E-state index contributed by atoms with van der Waals surface area (Å²) in [5.74, 6) is 1.03. The number of aryl methyl sites for hydroxylation is 2. The maximum absolute atomic E-state index is 13.2. The number of hydrogen-bond acceptors (Lipinski definition) is 7. The molecular weight excluding hydrogens is 451 g/mol. The number of alkyl halides is 3. The summed E-state index contributed by atoms with van der Waals surface area (Å²) in [4.78, 5) is 25.2. The molecule has 0 saturated carbocycles. The van der Waals surface area contributed by atoms with Gasteiger partial charge in [0.15, 0.2) is 0 Å². The third-order valence-corrected chi connectivity index (χ3v) is 5.81. The lowest BCUT2D eigenvalue weighted by molar-refractivity contribution is -0.137. The van der Waals surface area contributed by atoms with Crippen LogP contribution in [0.5, 0.6) is 0 Å². The van der Waals surface area contributed by atoms with Crippen molar-refractivity contribution in [1.29, 1.82) is 0 Å². The van der Waals surface area contributed by atoms with Crippen LogP contribution in [-0.4, -0.2) is 61.7 Å². The second-order valence-electron chi connectivity index (χ2n) is 8.01. The van der Waals surface area contributed by atoms with Crippen LogP contribution >= 0.6 is 0 Å². The molecule has 0 radical (unpaired) electrons. The van der Waals surface area contributed by atoms with E-state index < -0.39 is 11.7 Å². The highest BCUT2D eigenvalue weighted by atomic mass is 19.4. The predicted octanol–water partition coefficient (Wildman–Crippen LogP) is 3.38. The van der Waals surface area contributed by atoms with Gasteiger partial charge in [-0.2, -0.15) is 22.7 Å². The van der Waals surface area contributed by atoms with Crippen molar-refractivity contribution >= 4 is 17.6 Å². The van der Waals surface area contributed by atoms with Gasteiger partial charge in [-0.3, -0.25) is 4.79 Å². The fraction of sp³-hybridized carbons (Fsp3) is 0.318. The average Bonchev–Trinajstić information content (AvgIpc) is 3.41. The van der Waals surface area contributed by atoms with Crippen molar-refractivity contribution < 1.29 is 22.5 Å². The van der Waals surface area contributed by atoms with Gasteiger partial charge in [0.1, 0.15) is 11.3 Å². The quantitative estimate of drug-likeness (QED) is 0.452. The summed E-state index contributed by atoms with van der Waals surface area (Å²) in [6, 6.07) is 6.65. The van der Waals surface area contributed by atoms with E-state index in [0.29, 0.717) is 60.4 Å². The predicted molar refractivity (Wildman–Crippen MR) is 115 cm³/mol. The first kappa shape index (κ1) is 21.9. The minimum Gasteiger partial charge on any atom is -0.361 e. The van der Waals surface area contributed by atoms with Gasteiger partial charge in [-0.15, -0.1) is 5.10 Å². The highest BCUT2D eigenvalue weighted by Gasteiger charge is 2.31. The lowest BCUT2D eigenvalue weighted by atomic mass is 10.1. The van der Waals surface area contributed by atoms with E-state index in [1.807, 2.05) is 4.90 Å². The van der Waals surface area contributed by atoms with Gasteiger partial charge < -0.3 is 14.3 Å². The molecule has 1 saturated heterocycles. The molecule has 1 amide bonds. The van der Waals surface area contributed by atoms with E-state index in [-0.39, 0.29) is 11.7 Å². The lowest BCUT2D eigenvalue weighted by Gasteiger charge is -2.34. The zero-order valence-electron chi connectivity index (χ0n) is 18.4. The Bertz CT molecular complexity index is 1350. The highest BCUT2D eigenvalue weighted by Crippen LogP contribution is 2.32. The van der Waals surface area contributed by atoms with Gasteiger partial charge in [0.2, 0.25) is 5.95 Å². The van der Waals surface area contributed by atoms with Gasteiger partial charge >= 0.3 is 6.18 Å². The van der Waals surface area contributed by atoms with Crippen molar-refractivity contribution in [3.8, 4) is 11.3 Å². The summed E-state index contributed by atoms with van der Waals surface area (Å²) in [6.45, 7) is 5.32. The molecule has 0 aliphatic carbocycles. The van der Waals surface area contributed by atoms with E-state index >= 15 is 0 Å². The molecule has 0 unspecified atom stereocenters. The van der Waals surface area contributed by atoms with E-state index in [0.717, 1.165) is 12.1 Å². The molecule has 12 heteroatoms. The van der Waals surface area contributed by atoms with Crippen molar-refractivity contribution in [2.75, 3.05) is 31.1 Å². The Morgan fingerprint density at radius 3 is 2.53 bits per heavy atom. The molecule has 0 spiro atoms. The highest BCUT2D eigenvalue weighted by molar-refractivity contribution is 5.96. The molecule has 0 bridgehead atoms. The summed E-state index contributed by atoms with van der Waals surface area (Å²) < 4.78 is 46.1. The summed E-state index contributed by atoms with van der Waals surface area (Å²) in [6.07, 6.45) is -2.96. The number of hydrogen-bond donors (Lipinski definition) is 0. The largest absolute Gasteiger partial charge is 0.416 e. The van der Waals surface area contributed by atoms with E-state index in [1.165, 1.54) is 16.8 Å². The van der Waals surface area contributed by atoms with Crippen molar-refractivity contribution in [2.24, 2.45) is 0 Å². The molecule has 3 aromatic heterocycles. The normalized spacial score (nSPS) is 14.7. The molecular formula is C22H20F3N7O2. The molecule has 1 aromatic carbocycles. The number of fused-ring (bicyclic) bond motifs is 1. The van der Waals surface area contributed by atoms with Gasteiger partial charge in [0.25, 0.3) is 11.7 Å². The first-order chi connectivity index (χ1) is 16.2. The third-order valence-electron chi connectivity index (χ3n) is 5.81. The molecule has 5 rings (SSSR count). The number of carbonyl (C=O) groups is 1. The Morgan fingerprint density at radius 1 is 1.09 bits per heavy atom. The molecule has 34 heavy (non-hydrogen) atoms. The van der Waals surface area contributed by atoms with E-state index in [4.69, 9.17) is 4.52 Å². The number of piperazine rings is 1. The van der Waals surface area contributed by atoms with E-state index in [9.17, 15) is 18.0 Å². The van der Waals surface area contributed by atoms with Gasteiger partial charge in [0.05, 0.1) is 17.0 Å². The molecule has 1 aliphatic heterocycles. The van der Waals surface area contributed by atoms with Gasteiger partial charge in [0, 0.05) is 37.9 Å². The van der Waals surface area contributed by atoms with Gasteiger partial charge in [-0.25, -0.2) is 4.98 Å². The van der Waals surface area contributed by atoms with Crippen LogP contribution in [0.1, 0.15) is 27.4 Å². The number of halogens is 3. The summed E-state index contributed by atoms with van der Waals surface area (Å²) in [7, 11) is 0. The summed E-state index contributed by atoms with van der Waals surface area (Å²) in [5.41, 5.74) is 1.10. The van der Waals surface area contributed by atoms with Crippen LogP contribution in [0, 0.1) is 13.8 Å². The average molecular weight is 471 g/mol. The minimum atomic E-state index is -4.45. The molecule has 0 atom stereocenters. The molecule has 1 aliphatic rings. The van der Waals surface area contributed by atoms with Crippen LogP contribution in [0.4, 0.5) is 19.1 Å². The standard InChI is InChI=1S/C22H20F3N7O2/c1-13-18(14(2)34-29-13)19(33)30-8-10-31(11-9-30)21-27-20-26-7-6-17(32(20)28-21)15-4-3-5-16(12-15)22(23,24)25/h3-7,12H,8-11H2,1-2H3. The number of amides is 1. The van der Waals surface area contributed by atoms with Gasteiger partial charge in [-0.05, 0) is 32.0 Å². The van der Waals surface area contributed by atoms with Crippen LogP contribution in [0.15, 0.2) is 41.1 Å². The van der Waals surface area contributed by atoms with E-state index in [2.05, 4.69) is 20.2 Å². The van der Waals surface area contributed by atoms with Crippen molar-refractivity contribution in [2.45, 2.75) is 20.0 Å².